The van der Waals surface area contributed by atoms with Crippen LogP contribution >= 0.6 is 22.9 Å². The van der Waals surface area contributed by atoms with E-state index in [0.29, 0.717) is 10.2 Å². The van der Waals surface area contributed by atoms with Gasteiger partial charge in [0.25, 0.3) is 0 Å². The Morgan fingerprint density at radius 2 is 2.19 bits per heavy atom. The Hall–Kier alpha value is -1.66. The van der Waals surface area contributed by atoms with Gasteiger partial charge in [-0.15, -0.1) is 10.2 Å². The van der Waals surface area contributed by atoms with E-state index in [1.807, 2.05) is 32.0 Å². The van der Waals surface area contributed by atoms with Gasteiger partial charge in [0.2, 0.25) is 11.0 Å². The minimum Gasteiger partial charge on any atom is -0.374 e. The van der Waals surface area contributed by atoms with E-state index in [1.165, 1.54) is 11.3 Å². The number of hydrogen-bond acceptors (Lipinski definition) is 5. The molecule has 21 heavy (non-hydrogen) atoms. The standard InChI is InChI=1S/C14H17ClN4OS/c1-4-12-18-19-14(21-12)17-13(20)9(3)16-11-7-5-6-10(15)8(11)2/h5-7,9,16H,4H2,1-3H3,(H,17,19,20)/t9-/m1/s1. The van der Waals surface area contributed by atoms with Gasteiger partial charge in [0.15, 0.2) is 0 Å². The molecule has 0 saturated carbocycles. The van der Waals surface area contributed by atoms with Crippen LogP contribution in [0.25, 0.3) is 0 Å². The molecular weight excluding hydrogens is 308 g/mol. The first-order valence-electron chi connectivity index (χ1n) is 6.66. The van der Waals surface area contributed by atoms with Crippen LogP contribution < -0.4 is 10.6 Å². The molecule has 0 spiro atoms. The first-order chi connectivity index (χ1) is 10.0. The fourth-order valence-corrected chi connectivity index (χ4v) is 2.58. The van der Waals surface area contributed by atoms with Gasteiger partial charge in [-0.1, -0.05) is 35.9 Å². The first kappa shape index (κ1) is 15.7. The average molecular weight is 325 g/mol. The molecule has 0 saturated heterocycles. The summed E-state index contributed by atoms with van der Waals surface area (Å²) in [6, 6.07) is 5.16. The minimum atomic E-state index is -0.406. The van der Waals surface area contributed by atoms with Crippen molar-refractivity contribution in [1.82, 2.24) is 10.2 Å². The van der Waals surface area contributed by atoms with Crippen molar-refractivity contribution in [1.29, 1.82) is 0 Å². The van der Waals surface area contributed by atoms with Crippen molar-refractivity contribution in [2.24, 2.45) is 0 Å². The maximum Gasteiger partial charge on any atom is 0.248 e. The van der Waals surface area contributed by atoms with Crippen LogP contribution in [0.4, 0.5) is 10.8 Å². The van der Waals surface area contributed by atoms with Gasteiger partial charge >= 0.3 is 0 Å². The van der Waals surface area contributed by atoms with Crippen LogP contribution in [0.3, 0.4) is 0 Å². The third-order valence-electron chi connectivity index (χ3n) is 3.03. The van der Waals surface area contributed by atoms with Crippen molar-refractivity contribution in [3.63, 3.8) is 0 Å². The van der Waals surface area contributed by atoms with Gasteiger partial charge in [0.1, 0.15) is 11.0 Å². The van der Waals surface area contributed by atoms with Gasteiger partial charge in [-0.2, -0.15) is 0 Å². The third-order valence-corrected chi connectivity index (χ3v) is 4.42. The normalized spacial score (nSPS) is 12.0. The highest BCUT2D eigenvalue weighted by molar-refractivity contribution is 7.15. The quantitative estimate of drug-likeness (QED) is 0.883. The van der Waals surface area contributed by atoms with Crippen molar-refractivity contribution < 1.29 is 4.79 Å². The zero-order chi connectivity index (χ0) is 15.4. The predicted molar refractivity (Wildman–Crippen MR) is 87.2 cm³/mol. The Labute approximate surface area is 132 Å². The molecule has 0 unspecified atom stereocenters. The summed E-state index contributed by atoms with van der Waals surface area (Å²) >= 11 is 7.46. The Morgan fingerprint density at radius 1 is 1.43 bits per heavy atom. The lowest BCUT2D eigenvalue weighted by atomic mass is 10.2. The molecule has 0 aliphatic carbocycles. The van der Waals surface area contributed by atoms with Gasteiger partial charge in [0, 0.05) is 10.7 Å². The zero-order valence-corrected chi connectivity index (χ0v) is 13.7. The fourth-order valence-electron chi connectivity index (χ4n) is 1.72. The molecule has 1 amide bonds. The van der Waals surface area contributed by atoms with Gasteiger partial charge < -0.3 is 5.32 Å². The van der Waals surface area contributed by atoms with Gasteiger partial charge in [-0.05, 0) is 38.0 Å². The van der Waals surface area contributed by atoms with Crippen LogP contribution in [-0.4, -0.2) is 22.1 Å². The monoisotopic (exact) mass is 324 g/mol. The van der Waals surface area contributed by atoms with E-state index in [9.17, 15) is 4.79 Å². The summed E-state index contributed by atoms with van der Waals surface area (Å²) in [6.45, 7) is 5.70. The molecule has 7 heteroatoms. The number of hydrogen-bond donors (Lipinski definition) is 2. The molecule has 0 fully saturated rings. The van der Waals surface area contributed by atoms with Gasteiger partial charge in [-0.3, -0.25) is 10.1 Å². The average Bonchev–Trinajstić information content (AvgIpc) is 2.91. The molecule has 2 N–H and O–H groups in total. The lowest BCUT2D eigenvalue weighted by Crippen LogP contribution is -2.32. The maximum absolute atomic E-state index is 12.1. The summed E-state index contributed by atoms with van der Waals surface area (Å²) in [5, 5.41) is 15.9. The van der Waals surface area contributed by atoms with Crippen molar-refractivity contribution >= 4 is 39.7 Å². The number of amides is 1. The molecule has 0 aliphatic heterocycles. The topological polar surface area (TPSA) is 66.9 Å². The van der Waals surface area contributed by atoms with E-state index >= 15 is 0 Å². The number of nitrogens with one attached hydrogen (secondary N) is 2. The van der Waals surface area contributed by atoms with Crippen LogP contribution in [0.15, 0.2) is 18.2 Å². The molecule has 1 aromatic heterocycles. The van der Waals surface area contributed by atoms with E-state index in [0.717, 1.165) is 22.7 Å². The Morgan fingerprint density at radius 3 is 2.86 bits per heavy atom. The molecule has 0 aliphatic rings. The Balaban J connectivity index is 2.00. The fraction of sp³-hybridized carbons (Fsp3) is 0.357. The number of nitrogens with zero attached hydrogens (tertiary/aromatic N) is 2. The molecule has 0 bridgehead atoms. The van der Waals surface area contributed by atoms with Crippen LogP contribution in [0, 0.1) is 6.92 Å². The SMILES string of the molecule is CCc1nnc(NC(=O)[C@@H](C)Nc2cccc(Cl)c2C)s1. The molecular formula is C14H17ClN4OS. The second-order valence-electron chi connectivity index (χ2n) is 4.62. The van der Waals surface area contributed by atoms with Gasteiger partial charge in [-0.25, -0.2) is 0 Å². The number of anilines is 2. The summed E-state index contributed by atoms with van der Waals surface area (Å²) in [7, 11) is 0. The summed E-state index contributed by atoms with van der Waals surface area (Å²) < 4.78 is 0. The Kier molecular flexibility index (Phi) is 5.14. The van der Waals surface area contributed by atoms with Crippen LogP contribution in [0.5, 0.6) is 0 Å². The van der Waals surface area contributed by atoms with Crippen LogP contribution in [0.2, 0.25) is 5.02 Å². The number of carbonyl (C=O) groups is 1. The van der Waals surface area contributed by atoms with Crippen molar-refractivity contribution in [2.75, 3.05) is 10.6 Å². The predicted octanol–water partition coefficient (Wildman–Crippen LogP) is 3.50. The molecule has 1 aromatic carbocycles. The second kappa shape index (κ2) is 6.87. The van der Waals surface area contributed by atoms with Crippen molar-refractivity contribution in [3.05, 3.63) is 33.8 Å². The van der Waals surface area contributed by atoms with E-state index in [2.05, 4.69) is 20.8 Å². The van der Waals surface area contributed by atoms with Crippen LogP contribution in [-0.2, 0) is 11.2 Å². The third kappa shape index (κ3) is 3.92. The highest BCUT2D eigenvalue weighted by Crippen LogP contribution is 2.23. The largest absolute Gasteiger partial charge is 0.374 e. The molecule has 1 heterocycles. The number of aromatic nitrogens is 2. The molecule has 112 valence electrons. The van der Waals surface area contributed by atoms with E-state index in [1.54, 1.807) is 6.92 Å². The first-order valence-corrected chi connectivity index (χ1v) is 7.85. The molecule has 1 atom stereocenters. The maximum atomic E-state index is 12.1. The number of aryl methyl sites for hydroxylation is 1. The smallest absolute Gasteiger partial charge is 0.248 e. The number of rotatable bonds is 5. The second-order valence-corrected chi connectivity index (χ2v) is 6.09. The highest BCUT2D eigenvalue weighted by atomic mass is 35.5. The van der Waals surface area contributed by atoms with E-state index in [-0.39, 0.29) is 5.91 Å². The lowest BCUT2D eigenvalue weighted by molar-refractivity contribution is -0.116. The molecule has 5 nitrogen and oxygen atoms in total. The molecule has 2 aromatic rings. The number of halogens is 1. The highest BCUT2D eigenvalue weighted by Gasteiger charge is 2.16. The minimum absolute atomic E-state index is 0.159. The number of carbonyl (C=O) groups excluding carboxylic acids is 1. The van der Waals surface area contributed by atoms with Crippen molar-refractivity contribution in [2.45, 2.75) is 33.2 Å². The summed E-state index contributed by atoms with van der Waals surface area (Å²) in [5.74, 6) is -0.159. The van der Waals surface area contributed by atoms with E-state index < -0.39 is 6.04 Å². The van der Waals surface area contributed by atoms with Gasteiger partial charge in [0.05, 0.1) is 0 Å². The van der Waals surface area contributed by atoms with E-state index in [4.69, 9.17) is 11.6 Å². The summed E-state index contributed by atoms with van der Waals surface area (Å²) in [4.78, 5) is 12.1. The lowest BCUT2D eigenvalue weighted by Gasteiger charge is -2.16. The summed E-state index contributed by atoms with van der Waals surface area (Å²) in [5.41, 5.74) is 1.76. The molecule has 0 radical (unpaired) electrons. The molecule has 2 rings (SSSR count). The zero-order valence-electron chi connectivity index (χ0n) is 12.1. The Bertz CT molecular complexity index is 644. The van der Waals surface area contributed by atoms with Crippen molar-refractivity contribution in [3.8, 4) is 0 Å². The summed E-state index contributed by atoms with van der Waals surface area (Å²) in [6.07, 6.45) is 0.809. The van der Waals surface area contributed by atoms with Crippen LogP contribution in [0.1, 0.15) is 24.4 Å². The number of benzene rings is 1.